The van der Waals surface area contributed by atoms with Crippen LogP contribution in [-0.2, 0) is 6.54 Å². The SMILES string of the molecule is CCNCc1cncc(NC(C)C)n1. The van der Waals surface area contributed by atoms with Crippen molar-refractivity contribution in [3.8, 4) is 0 Å². The van der Waals surface area contributed by atoms with Gasteiger partial charge in [0.15, 0.2) is 0 Å². The summed E-state index contributed by atoms with van der Waals surface area (Å²) in [5.41, 5.74) is 0.970. The predicted octanol–water partition coefficient (Wildman–Crippen LogP) is 1.41. The Labute approximate surface area is 85.2 Å². The Kier molecular flexibility index (Phi) is 4.32. The average Bonchev–Trinajstić information content (AvgIpc) is 2.14. The molecule has 0 aliphatic carbocycles. The molecule has 4 heteroatoms. The van der Waals surface area contributed by atoms with E-state index in [-0.39, 0.29) is 0 Å². The third-order valence-corrected chi connectivity index (χ3v) is 1.68. The summed E-state index contributed by atoms with van der Waals surface area (Å²) in [5.74, 6) is 0.843. The van der Waals surface area contributed by atoms with Crippen molar-refractivity contribution in [1.82, 2.24) is 15.3 Å². The normalized spacial score (nSPS) is 10.6. The molecule has 0 amide bonds. The van der Waals surface area contributed by atoms with Crippen LogP contribution < -0.4 is 10.6 Å². The van der Waals surface area contributed by atoms with Gasteiger partial charge >= 0.3 is 0 Å². The van der Waals surface area contributed by atoms with E-state index in [1.165, 1.54) is 0 Å². The van der Waals surface area contributed by atoms with E-state index in [4.69, 9.17) is 0 Å². The zero-order valence-electron chi connectivity index (χ0n) is 9.04. The lowest BCUT2D eigenvalue weighted by molar-refractivity contribution is 0.706. The zero-order valence-corrected chi connectivity index (χ0v) is 9.04. The summed E-state index contributed by atoms with van der Waals surface area (Å²) in [6.45, 7) is 7.96. The van der Waals surface area contributed by atoms with Crippen molar-refractivity contribution in [3.63, 3.8) is 0 Å². The Morgan fingerprint density at radius 1 is 1.36 bits per heavy atom. The average molecular weight is 194 g/mol. The molecule has 0 radical (unpaired) electrons. The summed E-state index contributed by atoms with van der Waals surface area (Å²) < 4.78 is 0. The highest BCUT2D eigenvalue weighted by Crippen LogP contribution is 2.03. The molecule has 2 N–H and O–H groups in total. The van der Waals surface area contributed by atoms with Crippen LogP contribution in [0.25, 0.3) is 0 Å². The molecule has 0 fully saturated rings. The zero-order chi connectivity index (χ0) is 10.4. The number of hydrogen-bond donors (Lipinski definition) is 2. The second kappa shape index (κ2) is 5.54. The van der Waals surface area contributed by atoms with Crippen LogP contribution in [0.4, 0.5) is 5.82 Å². The van der Waals surface area contributed by atoms with Gasteiger partial charge in [-0.2, -0.15) is 0 Å². The van der Waals surface area contributed by atoms with Crippen LogP contribution in [0.5, 0.6) is 0 Å². The van der Waals surface area contributed by atoms with Gasteiger partial charge in [0.2, 0.25) is 0 Å². The van der Waals surface area contributed by atoms with Gasteiger partial charge in [-0.1, -0.05) is 6.92 Å². The minimum absolute atomic E-state index is 0.388. The number of anilines is 1. The lowest BCUT2D eigenvalue weighted by Crippen LogP contribution is -2.15. The van der Waals surface area contributed by atoms with Gasteiger partial charge in [0.25, 0.3) is 0 Å². The summed E-state index contributed by atoms with van der Waals surface area (Å²) in [7, 11) is 0. The quantitative estimate of drug-likeness (QED) is 0.744. The van der Waals surface area contributed by atoms with Crippen molar-refractivity contribution in [2.45, 2.75) is 33.4 Å². The van der Waals surface area contributed by atoms with Gasteiger partial charge in [0.1, 0.15) is 5.82 Å². The Hall–Kier alpha value is -1.16. The number of rotatable bonds is 5. The Morgan fingerprint density at radius 3 is 2.79 bits per heavy atom. The van der Waals surface area contributed by atoms with Gasteiger partial charge in [-0.15, -0.1) is 0 Å². The van der Waals surface area contributed by atoms with E-state index in [2.05, 4.69) is 41.4 Å². The molecule has 78 valence electrons. The number of hydrogen-bond acceptors (Lipinski definition) is 4. The van der Waals surface area contributed by atoms with Crippen molar-refractivity contribution in [1.29, 1.82) is 0 Å². The Morgan fingerprint density at radius 2 is 2.14 bits per heavy atom. The van der Waals surface area contributed by atoms with Crippen LogP contribution in [0, 0.1) is 0 Å². The maximum Gasteiger partial charge on any atom is 0.145 e. The van der Waals surface area contributed by atoms with Crippen LogP contribution in [0.3, 0.4) is 0 Å². The molecule has 1 aromatic heterocycles. The first-order chi connectivity index (χ1) is 6.72. The molecule has 0 saturated carbocycles. The molecule has 0 aromatic carbocycles. The minimum atomic E-state index is 0.388. The van der Waals surface area contributed by atoms with Crippen LogP contribution in [-0.4, -0.2) is 22.6 Å². The van der Waals surface area contributed by atoms with Crippen molar-refractivity contribution in [2.24, 2.45) is 0 Å². The first-order valence-corrected chi connectivity index (χ1v) is 5.00. The molecule has 0 atom stereocenters. The summed E-state index contributed by atoms with van der Waals surface area (Å²) >= 11 is 0. The Bertz CT molecular complexity index is 273. The van der Waals surface area contributed by atoms with Crippen molar-refractivity contribution in [2.75, 3.05) is 11.9 Å². The molecule has 4 nitrogen and oxygen atoms in total. The lowest BCUT2D eigenvalue weighted by Gasteiger charge is -2.09. The molecule has 0 spiro atoms. The highest BCUT2D eigenvalue weighted by molar-refractivity contribution is 5.32. The predicted molar refractivity (Wildman–Crippen MR) is 58.2 cm³/mol. The van der Waals surface area contributed by atoms with Crippen LogP contribution in [0.2, 0.25) is 0 Å². The summed E-state index contributed by atoms with van der Waals surface area (Å²) in [6, 6.07) is 0.388. The summed E-state index contributed by atoms with van der Waals surface area (Å²) in [6.07, 6.45) is 3.53. The second-order valence-electron chi connectivity index (χ2n) is 3.48. The molecule has 0 saturated heterocycles. The van der Waals surface area contributed by atoms with Gasteiger partial charge in [-0.3, -0.25) is 4.98 Å². The van der Waals surface area contributed by atoms with E-state index >= 15 is 0 Å². The van der Waals surface area contributed by atoms with E-state index in [1.54, 1.807) is 12.4 Å². The minimum Gasteiger partial charge on any atom is -0.367 e. The van der Waals surface area contributed by atoms with Gasteiger partial charge < -0.3 is 10.6 Å². The lowest BCUT2D eigenvalue weighted by atomic mass is 10.4. The fraction of sp³-hybridized carbons (Fsp3) is 0.600. The highest BCUT2D eigenvalue weighted by Gasteiger charge is 1.99. The molecular formula is C10H18N4. The molecular weight excluding hydrogens is 176 g/mol. The molecule has 1 aromatic rings. The molecule has 0 unspecified atom stereocenters. The van der Waals surface area contributed by atoms with Gasteiger partial charge in [0, 0.05) is 18.8 Å². The van der Waals surface area contributed by atoms with Crippen molar-refractivity contribution >= 4 is 5.82 Å². The first-order valence-electron chi connectivity index (χ1n) is 5.00. The molecule has 0 bridgehead atoms. The van der Waals surface area contributed by atoms with E-state index in [9.17, 15) is 0 Å². The summed E-state index contributed by atoms with van der Waals surface area (Å²) in [4.78, 5) is 8.54. The largest absolute Gasteiger partial charge is 0.367 e. The van der Waals surface area contributed by atoms with Crippen molar-refractivity contribution < 1.29 is 0 Å². The maximum atomic E-state index is 4.41. The van der Waals surface area contributed by atoms with Crippen LogP contribution in [0.15, 0.2) is 12.4 Å². The molecule has 1 rings (SSSR count). The number of nitrogens with one attached hydrogen (secondary N) is 2. The molecule has 0 aliphatic rings. The monoisotopic (exact) mass is 194 g/mol. The van der Waals surface area contributed by atoms with E-state index in [1.807, 2.05) is 0 Å². The fourth-order valence-electron chi connectivity index (χ4n) is 1.11. The molecule has 1 heterocycles. The van der Waals surface area contributed by atoms with Gasteiger partial charge in [-0.25, -0.2) is 4.98 Å². The first kappa shape index (κ1) is 10.9. The molecule has 14 heavy (non-hydrogen) atoms. The van der Waals surface area contributed by atoms with Crippen molar-refractivity contribution in [3.05, 3.63) is 18.1 Å². The fourth-order valence-corrected chi connectivity index (χ4v) is 1.11. The van der Waals surface area contributed by atoms with E-state index < -0.39 is 0 Å². The third kappa shape index (κ3) is 3.70. The van der Waals surface area contributed by atoms with Gasteiger partial charge in [-0.05, 0) is 20.4 Å². The summed E-state index contributed by atoms with van der Waals surface area (Å²) in [5, 5.41) is 6.43. The van der Waals surface area contributed by atoms with E-state index in [0.717, 1.165) is 24.6 Å². The standard InChI is InChI=1S/C10H18N4/c1-4-11-5-9-6-12-7-10(14-9)13-8(2)3/h6-8,11H,4-5H2,1-3H3,(H,13,14). The Balaban J connectivity index is 2.59. The topological polar surface area (TPSA) is 49.8 Å². The number of nitrogens with zero attached hydrogens (tertiary/aromatic N) is 2. The molecule has 0 aliphatic heterocycles. The van der Waals surface area contributed by atoms with Crippen LogP contribution >= 0.6 is 0 Å². The highest BCUT2D eigenvalue weighted by atomic mass is 15.0. The third-order valence-electron chi connectivity index (χ3n) is 1.68. The van der Waals surface area contributed by atoms with Gasteiger partial charge in [0.05, 0.1) is 11.9 Å². The maximum absolute atomic E-state index is 4.41. The van der Waals surface area contributed by atoms with Crippen LogP contribution in [0.1, 0.15) is 26.5 Å². The van der Waals surface area contributed by atoms with E-state index in [0.29, 0.717) is 6.04 Å². The number of aromatic nitrogens is 2. The second-order valence-corrected chi connectivity index (χ2v) is 3.48. The smallest absolute Gasteiger partial charge is 0.145 e.